The smallest absolute Gasteiger partial charge is 0.0247 e. The van der Waals surface area contributed by atoms with Gasteiger partial charge in [-0.15, -0.1) is 12.3 Å². The topological polar surface area (TPSA) is 15.3 Å². The van der Waals surface area contributed by atoms with Gasteiger partial charge in [0, 0.05) is 37.6 Å². The van der Waals surface area contributed by atoms with Crippen molar-refractivity contribution in [3.63, 3.8) is 0 Å². The SMILES string of the molecule is C#CCC(C)N1CC(C2CCCCC2)NCC1C(C)C. The van der Waals surface area contributed by atoms with Gasteiger partial charge in [0.1, 0.15) is 0 Å². The van der Waals surface area contributed by atoms with Crippen LogP contribution in [0.2, 0.25) is 0 Å². The van der Waals surface area contributed by atoms with Crippen LogP contribution >= 0.6 is 0 Å². The summed E-state index contributed by atoms with van der Waals surface area (Å²) in [6.45, 7) is 9.30. The third-order valence-electron chi connectivity index (χ3n) is 5.39. The molecule has 20 heavy (non-hydrogen) atoms. The van der Waals surface area contributed by atoms with E-state index in [9.17, 15) is 0 Å². The average molecular weight is 276 g/mol. The van der Waals surface area contributed by atoms with E-state index in [0.29, 0.717) is 24.0 Å². The van der Waals surface area contributed by atoms with Gasteiger partial charge in [0.2, 0.25) is 0 Å². The summed E-state index contributed by atoms with van der Waals surface area (Å²) in [6.07, 6.45) is 13.5. The average Bonchev–Trinajstić information content (AvgIpc) is 2.47. The predicted molar refractivity (Wildman–Crippen MR) is 86.6 cm³/mol. The standard InChI is InChI=1S/C18H32N2/c1-5-9-15(4)20-13-17(16-10-7-6-8-11-16)19-12-18(20)14(2)3/h1,14-19H,6-13H2,2-4H3. The molecule has 0 aromatic heterocycles. The quantitative estimate of drug-likeness (QED) is 0.793. The molecule has 1 aliphatic carbocycles. The highest BCUT2D eigenvalue weighted by atomic mass is 15.3. The van der Waals surface area contributed by atoms with Gasteiger partial charge in [0.15, 0.2) is 0 Å². The molecule has 0 aromatic rings. The van der Waals surface area contributed by atoms with Crippen molar-refractivity contribution in [1.82, 2.24) is 10.2 Å². The van der Waals surface area contributed by atoms with Crippen molar-refractivity contribution in [1.29, 1.82) is 0 Å². The summed E-state index contributed by atoms with van der Waals surface area (Å²) < 4.78 is 0. The monoisotopic (exact) mass is 276 g/mol. The first-order chi connectivity index (χ1) is 9.63. The van der Waals surface area contributed by atoms with Crippen LogP contribution in [-0.4, -0.2) is 36.1 Å². The van der Waals surface area contributed by atoms with Gasteiger partial charge in [-0.2, -0.15) is 0 Å². The third-order valence-corrected chi connectivity index (χ3v) is 5.39. The van der Waals surface area contributed by atoms with Gasteiger partial charge in [-0.3, -0.25) is 4.90 Å². The van der Waals surface area contributed by atoms with Crippen LogP contribution < -0.4 is 5.32 Å². The van der Waals surface area contributed by atoms with Crippen LogP contribution in [-0.2, 0) is 0 Å². The molecule has 1 saturated heterocycles. The molecule has 1 aliphatic heterocycles. The third kappa shape index (κ3) is 3.77. The Labute approximate surface area is 125 Å². The van der Waals surface area contributed by atoms with E-state index in [-0.39, 0.29) is 0 Å². The molecule has 2 heteroatoms. The van der Waals surface area contributed by atoms with E-state index in [0.717, 1.165) is 18.9 Å². The summed E-state index contributed by atoms with van der Waals surface area (Å²) in [6, 6.07) is 1.84. The molecular weight excluding hydrogens is 244 g/mol. The normalized spacial score (nSPS) is 31.1. The molecule has 1 heterocycles. The van der Waals surface area contributed by atoms with E-state index in [1.54, 1.807) is 0 Å². The van der Waals surface area contributed by atoms with Crippen LogP contribution in [0.3, 0.4) is 0 Å². The van der Waals surface area contributed by atoms with Crippen LogP contribution in [0, 0.1) is 24.2 Å². The van der Waals surface area contributed by atoms with Gasteiger partial charge in [-0.1, -0.05) is 33.1 Å². The molecule has 114 valence electrons. The van der Waals surface area contributed by atoms with Crippen LogP contribution in [0.1, 0.15) is 59.3 Å². The summed E-state index contributed by atoms with van der Waals surface area (Å²) in [5, 5.41) is 3.85. The first-order valence-corrected chi connectivity index (χ1v) is 8.56. The number of terminal acetylenes is 1. The van der Waals surface area contributed by atoms with E-state index in [1.165, 1.54) is 38.6 Å². The first-order valence-electron chi connectivity index (χ1n) is 8.56. The van der Waals surface area contributed by atoms with Crippen molar-refractivity contribution in [3.05, 3.63) is 0 Å². The van der Waals surface area contributed by atoms with Crippen molar-refractivity contribution >= 4 is 0 Å². The Hall–Kier alpha value is -0.520. The van der Waals surface area contributed by atoms with Crippen molar-refractivity contribution in [2.45, 2.75) is 77.4 Å². The summed E-state index contributed by atoms with van der Waals surface area (Å²) >= 11 is 0. The zero-order valence-corrected chi connectivity index (χ0v) is 13.6. The minimum absolute atomic E-state index is 0.514. The molecule has 0 spiro atoms. The molecule has 1 N–H and O–H groups in total. The Morgan fingerprint density at radius 2 is 1.90 bits per heavy atom. The molecule has 0 amide bonds. The van der Waals surface area contributed by atoms with Crippen LogP contribution in [0.25, 0.3) is 0 Å². The maximum absolute atomic E-state index is 5.54. The Kier molecular flexibility index (Phi) is 5.93. The van der Waals surface area contributed by atoms with Crippen LogP contribution in [0.5, 0.6) is 0 Å². The largest absolute Gasteiger partial charge is 0.311 e. The van der Waals surface area contributed by atoms with Gasteiger partial charge in [0.25, 0.3) is 0 Å². The lowest BCUT2D eigenvalue weighted by atomic mass is 9.81. The van der Waals surface area contributed by atoms with E-state index in [2.05, 4.69) is 36.9 Å². The van der Waals surface area contributed by atoms with E-state index < -0.39 is 0 Å². The minimum atomic E-state index is 0.514. The van der Waals surface area contributed by atoms with Crippen molar-refractivity contribution in [2.75, 3.05) is 13.1 Å². The van der Waals surface area contributed by atoms with E-state index in [1.807, 2.05) is 0 Å². The molecule has 1 saturated carbocycles. The second-order valence-corrected chi connectivity index (χ2v) is 7.18. The number of nitrogens with one attached hydrogen (secondary N) is 1. The molecule has 0 radical (unpaired) electrons. The predicted octanol–water partition coefficient (Wildman–Crippen LogP) is 3.28. The lowest BCUT2D eigenvalue weighted by Crippen LogP contribution is -2.62. The van der Waals surface area contributed by atoms with Gasteiger partial charge in [-0.05, 0) is 31.6 Å². The first kappa shape index (κ1) is 15.9. The fourth-order valence-electron chi connectivity index (χ4n) is 4.08. The fraction of sp³-hybridized carbons (Fsp3) is 0.889. The lowest BCUT2D eigenvalue weighted by Gasteiger charge is -2.47. The van der Waals surface area contributed by atoms with Gasteiger partial charge in [-0.25, -0.2) is 0 Å². The zero-order valence-electron chi connectivity index (χ0n) is 13.6. The second kappa shape index (κ2) is 7.48. The molecule has 0 bridgehead atoms. The zero-order chi connectivity index (χ0) is 14.5. The van der Waals surface area contributed by atoms with Crippen LogP contribution in [0.4, 0.5) is 0 Å². The summed E-state index contributed by atoms with van der Waals surface area (Å²) in [4.78, 5) is 2.69. The number of rotatable bonds is 4. The molecule has 3 unspecified atom stereocenters. The summed E-state index contributed by atoms with van der Waals surface area (Å²) in [5.41, 5.74) is 0. The maximum atomic E-state index is 5.54. The highest BCUT2D eigenvalue weighted by molar-refractivity contribution is 4.97. The Balaban J connectivity index is 2.01. The minimum Gasteiger partial charge on any atom is -0.311 e. The van der Waals surface area contributed by atoms with Crippen molar-refractivity contribution in [2.24, 2.45) is 11.8 Å². The Morgan fingerprint density at radius 1 is 1.20 bits per heavy atom. The Morgan fingerprint density at radius 3 is 2.50 bits per heavy atom. The molecule has 2 aliphatic rings. The van der Waals surface area contributed by atoms with Gasteiger partial charge < -0.3 is 5.32 Å². The highest BCUT2D eigenvalue weighted by Gasteiger charge is 2.35. The van der Waals surface area contributed by atoms with Gasteiger partial charge >= 0.3 is 0 Å². The summed E-state index contributed by atoms with van der Waals surface area (Å²) in [5.74, 6) is 4.43. The number of hydrogen-bond donors (Lipinski definition) is 1. The number of piperazine rings is 1. The molecule has 2 rings (SSSR count). The fourth-order valence-corrected chi connectivity index (χ4v) is 4.08. The number of nitrogens with zero attached hydrogens (tertiary/aromatic N) is 1. The maximum Gasteiger partial charge on any atom is 0.0247 e. The molecular formula is C18H32N2. The van der Waals surface area contributed by atoms with Gasteiger partial charge in [0.05, 0.1) is 0 Å². The van der Waals surface area contributed by atoms with Crippen molar-refractivity contribution < 1.29 is 0 Å². The lowest BCUT2D eigenvalue weighted by molar-refractivity contribution is 0.0437. The molecule has 3 atom stereocenters. The van der Waals surface area contributed by atoms with E-state index in [4.69, 9.17) is 6.42 Å². The molecule has 0 aromatic carbocycles. The molecule has 2 nitrogen and oxygen atoms in total. The second-order valence-electron chi connectivity index (χ2n) is 7.18. The van der Waals surface area contributed by atoms with E-state index >= 15 is 0 Å². The van der Waals surface area contributed by atoms with Crippen molar-refractivity contribution in [3.8, 4) is 12.3 Å². The summed E-state index contributed by atoms with van der Waals surface area (Å²) in [7, 11) is 0. The van der Waals surface area contributed by atoms with Crippen LogP contribution in [0.15, 0.2) is 0 Å². The number of hydrogen-bond acceptors (Lipinski definition) is 2. The Bertz CT molecular complexity index is 325. The highest BCUT2D eigenvalue weighted by Crippen LogP contribution is 2.30. The molecule has 2 fully saturated rings.